The van der Waals surface area contributed by atoms with Gasteiger partial charge in [-0.25, -0.2) is 0 Å². The van der Waals surface area contributed by atoms with Crippen LogP contribution in [-0.4, -0.2) is 31.5 Å². The molecule has 0 aromatic carbocycles. The van der Waals surface area contributed by atoms with Crippen LogP contribution in [0, 0.1) is 5.41 Å². The van der Waals surface area contributed by atoms with Crippen LogP contribution < -0.4 is 16.4 Å². The van der Waals surface area contributed by atoms with E-state index in [1.807, 2.05) is 20.8 Å². The zero-order valence-electron chi connectivity index (χ0n) is 12.9. The number of nitrogens with zero attached hydrogens (tertiary/aromatic N) is 1. The first-order chi connectivity index (χ1) is 8.88. The molecule has 0 rings (SSSR count). The van der Waals surface area contributed by atoms with Crippen LogP contribution in [0.5, 0.6) is 0 Å². The Bertz CT molecular complexity index is 282. The fourth-order valence-corrected chi connectivity index (χ4v) is 1.43. The second-order valence-corrected chi connectivity index (χ2v) is 5.76. The number of amides is 1. The van der Waals surface area contributed by atoms with Crippen LogP contribution in [-0.2, 0) is 4.79 Å². The number of hydrogen-bond donors (Lipinski definition) is 3. The molecule has 0 saturated heterocycles. The van der Waals surface area contributed by atoms with Crippen LogP contribution >= 0.6 is 0 Å². The second-order valence-electron chi connectivity index (χ2n) is 5.76. The molecular formula is C14H30N4O. The van der Waals surface area contributed by atoms with Crippen molar-refractivity contribution >= 4 is 11.9 Å². The summed E-state index contributed by atoms with van der Waals surface area (Å²) in [5.74, 6) is 0.505. The highest BCUT2D eigenvalue weighted by Crippen LogP contribution is 2.11. The van der Waals surface area contributed by atoms with Crippen molar-refractivity contribution in [1.82, 2.24) is 10.6 Å². The first-order valence-corrected chi connectivity index (χ1v) is 7.20. The van der Waals surface area contributed by atoms with Gasteiger partial charge in [-0.1, -0.05) is 47.0 Å². The van der Waals surface area contributed by atoms with Crippen molar-refractivity contribution in [1.29, 1.82) is 0 Å². The maximum atomic E-state index is 11.6. The Balaban J connectivity index is 3.60. The van der Waals surface area contributed by atoms with Crippen molar-refractivity contribution in [3.05, 3.63) is 0 Å². The van der Waals surface area contributed by atoms with Gasteiger partial charge in [0.05, 0.1) is 0 Å². The summed E-state index contributed by atoms with van der Waals surface area (Å²) in [6, 6.07) is 0. The average molecular weight is 270 g/mol. The van der Waals surface area contributed by atoms with Gasteiger partial charge < -0.3 is 16.4 Å². The van der Waals surface area contributed by atoms with Gasteiger partial charge in [0.15, 0.2) is 5.96 Å². The number of carbonyl (C=O) groups is 1. The van der Waals surface area contributed by atoms with Crippen molar-refractivity contribution in [2.75, 3.05) is 19.6 Å². The Morgan fingerprint density at radius 3 is 2.32 bits per heavy atom. The molecule has 0 aromatic rings. The molecule has 19 heavy (non-hydrogen) atoms. The lowest BCUT2D eigenvalue weighted by Crippen LogP contribution is -2.41. The Hall–Kier alpha value is -1.26. The minimum absolute atomic E-state index is 0.0457. The average Bonchev–Trinajstić information content (AvgIpc) is 2.33. The van der Waals surface area contributed by atoms with Crippen molar-refractivity contribution in [3.8, 4) is 0 Å². The fourth-order valence-electron chi connectivity index (χ4n) is 1.43. The van der Waals surface area contributed by atoms with Crippen LogP contribution in [0.25, 0.3) is 0 Å². The lowest BCUT2D eigenvalue weighted by Gasteiger charge is -2.17. The third kappa shape index (κ3) is 10.4. The monoisotopic (exact) mass is 270 g/mol. The minimum Gasteiger partial charge on any atom is -0.370 e. The van der Waals surface area contributed by atoms with Gasteiger partial charge in [-0.2, -0.15) is 0 Å². The third-order valence-corrected chi connectivity index (χ3v) is 2.69. The van der Waals surface area contributed by atoms with Crippen molar-refractivity contribution in [3.63, 3.8) is 0 Å². The number of rotatable bonds is 8. The number of hydrogen-bond acceptors (Lipinski definition) is 2. The smallest absolute Gasteiger partial charge is 0.225 e. The molecule has 4 N–H and O–H groups in total. The van der Waals surface area contributed by atoms with Gasteiger partial charge >= 0.3 is 0 Å². The van der Waals surface area contributed by atoms with Crippen LogP contribution in [0.15, 0.2) is 4.99 Å². The van der Waals surface area contributed by atoms with Gasteiger partial charge in [0.25, 0.3) is 0 Å². The van der Waals surface area contributed by atoms with E-state index in [1.54, 1.807) is 0 Å². The van der Waals surface area contributed by atoms with Crippen LogP contribution in [0.2, 0.25) is 0 Å². The SMILES string of the molecule is CCCCCCN=C(N)NCCNC(=O)C(C)(C)C. The van der Waals surface area contributed by atoms with E-state index in [0.29, 0.717) is 19.0 Å². The van der Waals surface area contributed by atoms with E-state index in [1.165, 1.54) is 19.3 Å². The summed E-state index contributed by atoms with van der Waals surface area (Å²) < 4.78 is 0. The normalized spacial score (nSPS) is 12.3. The Labute approximate surface area is 117 Å². The van der Waals surface area contributed by atoms with Gasteiger partial charge in [0.2, 0.25) is 5.91 Å². The maximum absolute atomic E-state index is 11.6. The third-order valence-electron chi connectivity index (χ3n) is 2.69. The Morgan fingerprint density at radius 2 is 1.74 bits per heavy atom. The highest BCUT2D eigenvalue weighted by molar-refractivity contribution is 5.81. The van der Waals surface area contributed by atoms with Crippen LogP contribution in [0.1, 0.15) is 53.4 Å². The molecule has 0 unspecified atom stereocenters. The quantitative estimate of drug-likeness (QED) is 0.356. The second kappa shape index (κ2) is 9.64. The topological polar surface area (TPSA) is 79.5 Å². The minimum atomic E-state index is -0.348. The predicted molar refractivity (Wildman–Crippen MR) is 81.1 cm³/mol. The van der Waals surface area contributed by atoms with Gasteiger partial charge in [-0.05, 0) is 6.42 Å². The Kier molecular flexibility index (Phi) is 9.00. The summed E-state index contributed by atoms with van der Waals surface area (Å²) >= 11 is 0. The van der Waals surface area contributed by atoms with Crippen LogP contribution in [0.3, 0.4) is 0 Å². The van der Waals surface area contributed by atoms with E-state index in [2.05, 4.69) is 22.5 Å². The van der Waals surface area contributed by atoms with Gasteiger partial charge in [-0.3, -0.25) is 9.79 Å². The molecule has 0 radical (unpaired) electrons. The lowest BCUT2D eigenvalue weighted by molar-refractivity contribution is -0.128. The molecule has 1 amide bonds. The summed E-state index contributed by atoms with van der Waals surface area (Å²) in [5.41, 5.74) is 5.37. The van der Waals surface area contributed by atoms with E-state index in [0.717, 1.165) is 13.0 Å². The highest BCUT2D eigenvalue weighted by Gasteiger charge is 2.19. The summed E-state index contributed by atoms with van der Waals surface area (Å²) in [6.07, 6.45) is 4.76. The molecule has 0 heterocycles. The fraction of sp³-hybridized carbons (Fsp3) is 0.857. The number of aliphatic imine (C=N–C) groups is 1. The first kappa shape index (κ1) is 17.7. The number of unbranched alkanes of at least 4 members (excludes halogenated alkanes) is 3. The van der Waals surface area contributed by atoms with Gasteiger partial charge in [0.1, 0.15) is 0 Å². The molecule has 0 fully saturated rings. The lowest BCUT2D eigenvalue weighted by atomic mass is 9.96. The molecule has 0 aliphatic heterocycles. The highest BCUT2D eigenvalue weighted by atomic mass is 16.2. The zero-order chi connectivity index (χ0) is 14.7. The number of nitrogens with two attached hydrogens (primary N) is 1. The number of nitrogens with one attached hydrogen (secondary N) is 2. The molecule has 112 valence electrons. The summed E-state index contributed by atoms with van der Waals surface area (Å²) in [7, 11) is 0. The van der Waals surface area contributed by atoms with Gasteiger partial charge in [0, 0.05) is 25.0 Å². The molecule has 5 heteroatoms. The number of carbonyl (C=O) groups excluding carboxylic acids is 1. The Morgan fingerprint density at radius 1 is 1.11 bits per heavy atom. The van der Waals surface area contributed by atoms with E-state index >= 15 is 0 Å². The van der Waals surface area contributed by atoms with Crippen LogP contribution in [0.4, 0.5) is 0 Å². The van der Waals surface area contributed by atoms with Gasteiger partial charge in [-0.15, -0.1) is 0 Å². The van der Waals surface area contributed by atoms with E-state index in [9.17, 15) is 4.79 Å². The largest absolute Gasteiger partial charge is 0.370 e. The molecule has 0 aromatic heterocycles. The molecule has 0 atom stereocenters. The van der Waals surface area contributed by atoms with E-state index in [4.69, 9.17) is 5.73 Å². The van der Waals surface area contributed by atoms with E-state index in [-0.39, 0.29) is 11.3 Å². The van der Waals surface area contributed by atoms with E-state index < -0.39 is 0 Å². The number of guanidine groups is 1. The predicted octanol–water partition coefficient (Wildman–Crippen LogP) is 1.63. The molecule has 0 bridgehead atoms. The molecule has 5 nitrogen and oxygen atoms in total. The first-order valence-electron chi connectivity index (χ1n) is 7.20. The standard InChI is InChI=1S/C14H30N4O/c1-5-6-7-8-9-17-13(15)18-11-10-16-12(19)14(2,3)4/h5-11H2,1-4H3,(H,16,19)(H3,15,17,18). The molecule has 0 aliphatic rings. The molecular weight excluding hydrogens is 240 g/mol. The molecule has 0 spiro atoms. The van der Waals surface area contributed by atoms with Crippen molar-refractivity contribution < 1.29 is 4.79 Å². The molecule has 0 aliphatic carbocycles. The van der Waals surface area contributed by atoms with Crippen molar-refractivity contribution in [2.24, 2.45) is 16.1 Å². The molecule has 0 saturated carbocycles. The van der Waals surface area contributed by atoms with Crippen molar-refractivity contribution in [2.45, 2.75) is 53.4 Å². The maximum Gasteiger partial charge on any atom is 0.225 e. The zero-order valence-corrected chi connectivity index (χ0v) is 12.9. The summed E-state index contributed by atoms with van der Waals surface area (Å²) in [5, 5.41) is 5.84. The summed E-state index contributed by atoms with van der Waals surface area (Å²) in [4.78, 5) is 15.8. The summed E-state index contributed by atoms with van der Waals surface area (Å²) in [6.45, 7) is 9.79.